The first-order valence-corrected chi connectivity index (χ1v) is 7.34. The van der Waals surface area contributed by atoms with Crippen molar-refractivity contribution in [3.05, 3.63) is 0 Å². The van der Waals surface area contributed by atoms with Gasteiger partial charge in [0.15, 0.2) is 0 Å². The monoisotopic (exact) mass is 269 g/mol. The van der Waals surface area contributed by atoms with Gasteiger partial charge in [-0.15, -0.1) is 0 Å². The lowest BCUT2D eigenvalue weighted by atomic mass is 10.1. The third kappa shape index (κ3) is 4.16. The molecule has 2 aliphatic rings. The molecule has 1 heterocycles. The molecule has 0 bridgehead atoms. The van der Waals surface area contributed by atoms with E-state index in [2.05, 4.69) is 4.90 Å². The SMILES string of the molecule is CC(C)(O)CN1CCN(C(=O)C2CCC(N)C2)CC1. The standard InChI is InChI=1S/C14H27N3O2/c1-14(2,19)10-16-5-7-17(8-6-16)13(18)11-3-4-12(15)9-11/h11-12,19H,3-10,15H2,1-2H3. The Morgan fingerprint density at radius 2 is 1.89 bits per heavy atom. The molecule has 1 aliphatic carbocycles. The molecular formula is C14H27N3O2. The van der Waals surface area contributed by atoms with Crippen molar-refractivity contribution in [2.45, 2.75) is 44.8 Å². The summed E-state index contributed by atoms with van der Waals surface area (Å²) in [5.74, 6) is 0.437. The van der Waals surface area contributed by atoms with Crippen molar-refractivity contribution in [3.8, 4) is 0 Å². The fraction of sp³-hybridized carbons (Fsp3) is 0.929. The minimum absolute atomic E-state index is 0.149. The Balaban J connectivity index is 1.78. The van der Waals surface area contributed by atoms with Crippen LogP contribution in [0, 0.1) is 5.92 Å². The quantitative estimate of drug-likeness (QED) is 0.758. The zero-order valence-corrected chi connectivity index (χ0v) is 12.1. The highest BCUT2D eigenvalue weighted by atomic mass is 16.3. The Morgan fingerprint density at radius 1 is 1.26 bits per heavy atom. The van der Waals surface area contributed by atoms with Gasteiger partial charge in [-0.3, -0.25) is 9.69 Å². The number of rotatable bonds is 3. The average Bonchev–Trinajstić information content (AvgIpc) is 2.74. The van der Waals surface area contributed by atoms with E-state index >= 15 is 0 Å². The molecule has 1 saturated carbocycles. The van der Waals surface area contributed by atoms with Crippen LogP contribution in [0.3, 0.4) is 0 Å². The minimum Gasteiger partial charge on any atom is -0.389 e. The first-order chi connectivity index (χ1) is 8.85. The molecule has 110 valence electrons. The van der Waals surface area contributed by atoms with Gasteiger partial charge < -0.3 is 15.7 Å². The number of hydrogen-bond acceptors (Lipinski definition) is 4. The zero-order valence-electron chi connectivity index (χ0n) is 12.1. The molecule has 0 radical (unpaired) electrons. The molecule has 0 aromatic rings. The van der Waals surface area contributed by atoms with Crippen LogP contribution in [0.25, 0.3) is 0 Å². The zero-order chi connectivity index (χ0) is 14.0. The molecule has 1 saturated heterocycles. The molecule has 5 heteroatoms. The molecule has 2 fully saturated rings. The van der Waals surface area contributed by atoms with E-state index < -0.39 is 5.60 Å². The predicted molar refractivity (Wildman–Crippen MR) is 74.6 cm³/mol. The largest absolute Gasteiger partial charge is 0.389 e. The van der Waals surface area contributed by atoms with Crippen molar-refractivity contribution in [3.63, 3.8) is 0 Å². The number of piperazine rings is 1. The summed E-state index contributed by atoms with van der Waals surface area (Å²) < 4.78 is 0. The molecule has 0 aromatic heterocycles. The summed E-state index contributed by atoms with van der Waals surface area (Å²) in [7, 11) is 0. The van der Waals surface area contributed by atoms with Crippen LogP contribution in [-0.2, 0) is 4.79 Å². The second-order valence-corrected chi connectivity index (χ2v) is 6.68. The molecule has 5 nitrogen and oxygen atoms in total. The Hall–Kier alpha value is -0.650. The predicted octanol–water partition coefficient (Wildman–Crippen LogP) is 0.0289. The first-order valence-electron chi connectivity index (χ1n) is 7.34. The maximum absolute atomic E-state index is 12.3. The molecule has 1 amide bonds. The van der Waals surface area contributed by atoms with E-state index in [1.807, 2.05) is 18.7 Å². The maximum Gasteiger partial charge on any atom is 0.225 e. The normalized spacial score (nSPS) is 29.8. The van der Waals surface area contributed by atoms with Crippen LogP contribution >= 0.6 is 0 Å². The summed E-state index contributed by atoms with van der Waals surface area (Å²) in [6.45, 7) is 7.59. The van der Waals surface area contributed by atoms with Gasteiger partial charge in [-0.05, 0) is 33.1 Å². The maximum atomic E-state index is 12.3. The molecule has 2 rings (SSSR count). The lowest BCUT2D eigenvalue weighted by Gasteiger charge is -2.38. The van der Waals surface area contributed by atoms with Gasteiger partial charge in [-0.25, -0.2) is 0 Å². The number of amides is 1. The topological polar surface area (TPSA) is 69.8 Å². The number of aliphatic hydroxyl groups is 1. The third-order valence-corrected chi connectivity index (χ3v) is 4.12. The second kappa shape index (κ2) is 5.77. The molecule has 1 aliphatic heterocycles. The summed E-state index contributed by atoms with van der Waals surface area (Å²) in [6.07, 6.45) is 2.78. The van der Waals surface area contributed by atoms with Crippen LogP contribution in [0.4, 0.5) is 0 Å². The van der Waals surface area contributed by atoms with Crippen LogP contribution in [0.5, 0.6) is 0 Å². The number of nitrogens with zero attached hydrogens (tertiary/aromatic N) is 2. The van der Waals surface area contributed by atoms with E-state index in [4.69, 9.17) is 5.73 Å². The molecule has 3 N–H and O–H groups in total. The van der Waals surface area contributed by atoms with Gasteiger partial charge in [0, 0.05) is 44.7 Å². The van der Waals surface area contributed by atoms with E-state index in [9.17, 15) is 9.90 Å². The van der Waals surface area contributed by atoms with Crippen molar-refractivity contribution in [1.82, 2.24) is 9.80 Å². The van der Waals surface area contributed by atoms with Gasteiger partial charge in [0.1, 0.15) is 0 Å². The van der Waals surface area contributed by atoms with Gasteiger partial charge in [0.25, 0.3) is 0 Å². The summed E-state index contributed by atoms with van der Waals surface area (Å²) in [4.78, 5) is 16.5. The summed E-state index contributed by atoms with van der Waals surface area (Å²) in [5, 5.41) is 9.81. The van der Waals surface area contributed by atoms with Gasteiger partial charge >= 0.3 is 0 Å². The highest BCUT2D eigenvalue weighted by Gasteiger charge is 2.32. The number of carbonyl (C=O) groups is 1. The summed E-state index contributed by atoms with van der Waals surface area (Å²) in [6, 6.07) is 0.213. The van der Waals surface area contributed by atoms with Gasteiger partial charge in [-0.1, -0.05) is 0 Å². The number of carbonyl (C=O) groups excluding carboxylic acids is 1. The lowest BCUT2D eigenvalue weighted by Crippen LogP contribution is -2.53. The van der Waals surface area contributed by atoms with Gasteiger partial charge in [0.05, 0.1) is 5.60 Å². The van der Waals surface area contributed by atoms with Crippen LogP contribution in [-0.4, -0.2) is 65.2 Å². The Kier molecular flexibility index (Phi) is 4.48. The second-order valence-electron chi connectivity index (χ2n) is 6.68. The Morgan fingerprint density at radius 3 is 2.37 bits per heavy atom. The third-order valence-electron chi connectivity index (χ3n) is 4.12. The Labute approximate surface area is 115 Å². The highest BCUT2D eigenvalue weighted by Crippen LogP contribution is 2.26. The number of hydrogen-bond donors (Lipinski definition) is 2. The minimum atomic E-state index is -0.662. The van der Waals surface area contributed by atoms with Crippen LogP contribution < -0.4 is 5.73 Å². The van der Waals surface area contributed by atoms with Crippen molar-refractivity contribution < 1.29 is 9.90 Å². The van der Waals surface area contributed by atoms with E-state index in [1.165, 1.54) is 0 Å². The van der Waals surface area contributed by atoms with Crippen LogP contribution in [0.1, 0.15) is 33.1 Å². The smallest absolute Gasteiger partial charge is 0.225 e. The molecule has 2 unspecified atom stereocenters. The molecule has 19 heavy (non-hydrogen) atoms. The molecule has 0 aromatic carbocycles. The first kappa shape index (κ1) is 14.8. The fourth-order valence-electron chi connectivity index (χ4n) is 3.17. The Bertz CT molecular complexity index is 319. The average molecular weight is 269 g/mol. The number of β-amino-alcohol motifs (C(OH)–C–C–N with tert-alkyl or cyclic N) is 1. The molecule has 2 atom stereocenters. The van der Waals surface area contributed by atoms with Crippen molar-refractivity contribution >= 4 is 5.91 Å². The van der Waals surface area contributed by atoms with Gasteiger partial charge in [-0.2, -0.15) is 0 Å². The van der Waals surface area contributed by atoms with E-state index in [1.54, 1.807) is 0 Å². The lowest BCUT2D eigenvalue weighted by molar-refractivity contribution is -0.137. The molecule has 0 spiro atoms. The fourth-order valence-corrected chi connectivity index (χ4v) is 3.17. The van der Waals surface area contributed by atoms with E-state index in [0.29, 0.717) is 6.54 Å². The van der Waals surface area contributed by atoms with Crippen molar-refractivity contribution in [1.29, 1.82) is 0 Å². The number of nitrogens with two attached hydrogens (primary N) is 1. The van der Waals surface area contributed by atoms with Crippen molar-refractivity contribution in [2.75, 3.05) is 32.7 Å². The van der Waals surface area contributed by atoms with Gasteiger partial charge in [0.2, 0.25) is 5.91 Å². The van der Waals surface area contributed by atoms with Crippen LogP contribution in [0.2, 0.25) is 0 Å². The summed E-state index contributed by atoms with van der Waals surface area (Å²) >= 11 is 0. The van der Waals surface area contributed by atoms with Crippen molar-refractivity contribution in [2.24, 2.45) is 11.7 Å². The molecular weight excluding hydrogens is 242 g/mol. The van der Waals surface area contributed by atoms with E-state index in [0.717, 1.165) is 45.4 Å². The van der Waals surface area contributed by atoms with Crippen LogP contribution in [0.15, 0.2) is 0 Å². The highest BCUT2D eigenvalue weighted by molar-refractivity contribution is 5.79. The summed E-state index contributed by atoms with van der Waals surface area (Å²) in [5.41, 5.74) is 5.21. The van der Waals surface area contributed by atoms with E-state index in [-0.39, 0.29) is 17.9 Å².